The summed E-state index contributed by atoms with van der Waals surface area (Å²) in [5.41, 5.74) is 0. The second-order valence-electron chi connectivity index (χ2n) is 3.79. The van der Waals surface area contributed by atoms with Gasteiger partial charge in [0, 0.05) is 39.6 Å². The second-order valence-corrected chi connectivity index (χ2v) is 3.79. The summed E-state index contributed by atoms with van der Waals surface area (Å²) in [6.45, 7) is 3.36. The lowest BCUT2D eigenvalue weighted by Gasteiger charge is -2.04. The van der Waals surface area contributed by atoms with E-state index < -0.39 is 0 Å². The minimum atomic E-state index is 0.213. The molecular formula is C12H26O4. The lowest BCUT2D eigenvalue weighted by molar-refractivity contribution is 0.105. The first-order valence-corrected chi connectivity index (χ1v) is 6.29. The third kappa shape index (κ3) is 13.8. The number of aliphatic hydroxyl groups is 2. The fourth-order valence-electron chi connectivity index (χ4n) is 1.30. The Morgan fingerprint density at radius 3 is 1.25 bits per heavy atom. The van der Waals surface area contributed by atoms with Gasteiger partial charge in [0.25, 0.3) is 0 Å². The molecule has 0 rings (SSSR count). The van der Waals surface area contributed by atoms with E-state index in [0.29, 0.717) is 13.2 Å². The van der Waals surface area contributed by atoms with Gasteiger partial charge in [-0.05, 0) is 25.7 Å². The van der Waals surface area contributed by atoms with Gasteiger partial charge in [0.1, 0.15) is 0 Å². The molecule has 16 heavy (non-hydrogen) atoms. The second kappa shape index (κ2) is 14.8. The Kier molecular flexibility index (Phi) is 14.7. The molecule has 0 aliphatic carbocycles. The molecule has 98 valence electrons. The molecule has 0 heterocycles. The smallest absolute Gasteiger partial charge is 0.0487 e. The van der Waals surface area contributed by atoms with Crippen molar-refractivity contribution < 1.29 is 19.7 Å². The molecule has 0 atom stereocenters. The monoisotopic (exact) mass is 234 g/mol. The molecule has 4 heteroatoms. The summed E-state index contributed by atoms with van der Waals surface area (Å²) in [6, 6.07) is 0. The van der Waals surface area contributed by atoms with Crippen LogP contribution in [0.25, 0.3) is 0 Å². The summed E-state index contributed by atoms with van der Waals surface area (Å²) in [4.78, 5) is 0. The van der Waals surface area contributed by atoms with Crippen LogP contribution < -0.4 is 0 Å². The topological polar surface area (TPSA) is 58.9 Å². The Balaban J connectivity index is 2.83. The third-order valence-corrected chi connectivity index (χ3v) is 2.22. The minimum Gasteiger partial charge on any atom is -0.396 e. The Labute approximate surface area is 98.6 Å². The number of hydrogen-bond donors (Lipinski definition) is 2. The maximum atomic E-state index is 8.52. The van der Waals surface area contributed by atoms with Crippen molar-refractivity contribution in [1.82, 2.24) is 0 Å². The number of unbranched alkanes of at least 4 members (excludes halogenated alkanes) is 3. The van der Waals surface area contributed by atoms with Crippen LogP contribution in [0.2, 0.25) is 0 Å². The van der Waals surface area contributed by atoms with E-state index >= 15 is 0 Å². The quantitative estimate of drug-likeness (QED) is 0.472. The number of aliphatic hydroxyl groups excluding tert-OH is 2. The molecule has 0 aliphatic heterocycles. The van der Waals surface area contributed by atoms with E-state index in [4.69, 9.17) is 19.7 Å². The molecule has 0 aliphatic rings. The number of hydrogen-bond acceptors (Lipinski definition) is 4. The van der Waals surface area contributed by atoms with Gasteiger partial charge in [-0.3, -0.25) is 0 Å². The Morgan fingerprint density at radius 2 is 0.875 bits per heavy atom. The van der Waals surface area contributed by atoms with Crippen LogP contribution >= 0.6 is 0 Å². The zero-order valence-electron chi connectivity index (χ0n) is 10.2. The fraction of sp³-hybridized carbons (Fsp3) is 1.00. The van der Waals surface area contributed by atoms with Crippen molar-refractivity contribution in [2.24, 2.45) is 0 Å². The van der Waals surface area contributed by atoms with Crippen molar-refractivity contribution >= 4 is 0 Å². The van der Waals surface area contributed by atoms with Gasteiger partial charge < -0.3 is 19.7 Å². The minimum absolute atomic E-state index is 0.213. The van der Waals surface area contributed by atoms with Gasteiger partial charge in [-0.25, -0.2) is 0 Å². The standard InChI is InChI=1S/C12H26O4/c13-7-5-11-15-9-3-1-2-4-10-16-12-6-8-14/h13-14H,1-12H2. The van der Waals surface area contributed by atoms with E-state index in [9.17, 15) is 0 Å². The lowest BCUT2D eigenvalue weighted by atomic mass is 10.2. The van der Waals surface area contributed by atoms with Crippen LogP contribution in [-0.2, 0) is 9.47 Å². The van der Waals surface area contributed by atoms with Crippen LogP contribution in [-0.4, -0.2) is 49.9 Å². The molecule has 2 N–H and O–H groups in total. The predicted molar refractivity (Wildman–Crippen MR) is 63.5 cm³/mol. The molecule has 0 fully saturated rings. The highest BCUT2D eigenvalue weighted by Gasteiger charge is 1.92. The zero-order chi connectivity index (χ0) is 11.9. The van der Waals surface area contributed by atoms with E-state index in [0.717, 1.165) is 38.9 Å². The van der Waals surface area contributed by atoms with Crippen LogP contribution in [0.5, 0.6) is 0 Å². The summed E-state index contributed by atoms with van der Waals surface area (Å²) in [6.07, 6.45) is 5.98. The molecule has 0 saturated carbocycles. The van der Waals surface area contributed by atoms with Crippen molar-refractivity contribution in [2.45, 2.75) is 38.5 Å². The molecule has 0 radical (unpaired) electrons. The van der Waals surface area contributed by atoms with Crippen LogP contribution in [0.15, 0.2) is 0 Å². The SMILES string of the molecule is OCCCOCCCCCCOCCCO. The molecule has 0 unspecified atom stereocenters. The highest BCUT2D eigenvalue weighted by molar-refractivity contribution is 4.43. The van der Waals surface area contributed by atoms with E-state index in [-0.39, 0.29) is 13.2 Å². The van der Waals surface area contributed by atoms with Gasteiger partial charge >= 0.3 is 0 Å². The summed E-state index contributed by atoms with van der Waals surface area (Å²) < 4.78 is 10.6. The average Bonchev–Trinajstić information content (AvgIpc) is 2.31. The van der Waals surface area contributed by atoms with Crippen molar-refractivity contribution in [3.05, 3.63) is 0 Å². The van der Waals surface area contributed by atoms with Crippen LogP contribution in [0, 0.1) is 0 Å². The van der Waals surface area contributed by atoms with E-state index in [1.165, 1.54) is 12.8 Å². The summed E-state index contributed by atoms with van der Waals surface area (Å²) >= 11 is 0. The van der Waals surface area contributed by atoms with E-state index in [2.05, 4.69) is 0 Å². The largest absolute Gasteiger partial charge is 0.396 e. The summed E-state index contributed by atoms with van der Waals surface area (Å²) in [5.74, 6) is 0. The number of rotatable bonds is 13. The van der Waals surface area contributed by atoms with Gasteiger partial charge in [-0.15, -0.1) is 0 Å². The first kappa shape index (κ1) is 15.8. The van der Waals surface area contributed by atoms with Crippen molar-refractivity contribution in [2.75, 3.05) is 39.6 Å². The molecule has 0 bridgehead atoms. The maximum Gasteiger partial charge on any atom is 0.0487 e. The van der Waals surface area contributed by atoms with Gasteiger partial charge in [0.05, 0.1) is 0 Å². The maximum absolute atomic E-state index is 8.52. The average molecular weight is 234 g/mol. The molecule has 0 amide bonds. The molecule has 0 aromatic carbocycles. The predicted octanol–water partition coefficient (Wildman–Crippen LogP) is 1.34. The van der Waals surface area contributed by atoms with Crippen molar-refractivity contribution in [3.8, 4) is 0 Å². The normalized spacial score (nSPS) is 10.9. The third-order valence-electron chi connectivity index (χ3n) is 2.22. The highest BCUT2D eigenvalue weighted by atomic mass is 16.5. The first-order valence-electron chi connectivity index (χ1n) is 6.29. The van der Waals surface area contributed by atoms with Crippen LogP contribution in [0.4, 0.5) is 0 Å². The fourth-order valence-corrected chi connectivity index (χ4v) is 1.30. The number of ether oxygens (including phenoxy) is 2. The van der Waals surface area contributed by atoms with Crippen LogP contribution in [0.1, 0.15) is 38.5 Å². The Bertz CT molecular complexity index is 106. The molecule has 0 spiro atoms. The van der Waals surface area contributed by atoms with E-state index in [1.807, 2.05) is 0 Å². The molecule has 0 aromatic heterocycles. The molecule has 0 saturated heterocycles. The lowest BCUT2D eigenvalue weighted by Crippen LogP contribution is -2.00. The van der Waals surface area contributed by atoms with Crippen molar-refractivity contribution in [1.29, 1.82) is 0 Å². The van der Waals surface area contributed by atoms with E-state index in [1.54, 1.807) is 0 Å². The summed E-state index contributed by atoms with van der Waals surface area (Å²) in [7, 11) is 0. The van der Waals surface area contributed by atoms with Gasteiger partial charge in [0.15, 0.2) is 0 Å². The van der Waals surface area contributed by atoms with Gasteiger partial charge in [0.2, 0.25) is 0 Å². The van der Waals surface area contributed by atoms with Gasteiger partial charge in [-0.1, -0.05) is 12.8 Å². The Hall–Kier alpha value is -0.160. The van der Waals surface area contributed by atoms with Crippen molar-refractivity contribution in [3.63, 3.8) is 0 Å². The Morgan fingerprint density at radius 1 is 0.500 bits per heavy atom. The molecule has 0 aromatic rings. The molecule has 4 nitrogen and oxygen atoms in total. The zero-order valence-corrected chi connectivity index (χ0v) is 10.2. The molecular weight excluding hydrogens is 208 g/mol. The summed E-state index contributed by atoms with van der Waals surface area (Å²) in [5, 5.41) is 17.0. The van der Waals surface area contributed by atoms with Gasteiger partial charge in [-0.2, -0.15) is 0 Å². The highest BCUT2D eigenvalue weighted by Crippen LogP contribution is 2.01. The first-order chi connectivity index (χ1) is 7.91. The van der Waals surface area contributed by atoms with Crippen LogP contribution in [0.3, 0.4) is 0 Å².